The minimum absolute atomic E-state index is 0.0384. The fourth-order valence-electron chi connectivity index (χ4n) is 2.53. The van der Waals surface area contributed by atoms with Gasteiger partial charge >= 0.3 is 5.97 Å². The van der Waals surface area contributed by atoms with Crippen molar-refractivity contribution in [2.45, 2.75) is 19.3 Å². The van der Waals surface area contributed by atoms with E-state index in [-0.39, 0.29) is 11.4 Å². The maximum atomic E-state index is 11.5. The van der Waals surface area contributed by atoms with Crippen LogP contribution in [-0.4, -0.2) is 51.2 Å². The lowest BCUT2D eigenvalue weighted by atomic mass is 10.1. The summed E-state index contributed by atoms with van der Waals surface area (Å²) < 4.78 is 4.83. The zero-order valence-corrected chi connectivity index (χ0v) is 10.3. The molecule has 0 amide bonds. The summed E-state index contributed by atoms with van der Waals surface area (Å²) in [5.41, 5.74) is -0.181. The third-order valence-electron chi connectivity index (χ3n) is 3.86. The van der Waals surface area contributed by atoms with Gasteiger partial charge in [0.15, 0.2) is 0 Å². The van der Waals surface area contributed by atoms with Crippen molar-refractivity contribution in [2.24, 2.45) is 11.3 Å². The van der Waals surface area contributed by atoms with Crippen molar-refractivity contribution >= 4 is 5.97 Å². The van der Waals surface area contributed by atoms with Gasteiger partial charge < -0.3 is 15.0 Å². The maximum absolute atomic E-state index is 11.5. The van der Waals surface area contributed by atoms with Gasteiger partial charge in [-0.25, -0.2) is 0 Å². The zero-order valence-electron chi connectivity index (χ0n) is 10.3. The van der Waals surface area contributed by atoms with E-state index in [1.54, 1.807) is 0 Å². The van der Waals surface area contributed by atoms with Crippen LogP contribution in [-0.2, 0) is 9.53 Å². The monoisotopic (exact) mass is 226 g/mol. The number of nitrogens with one attached hydrogen (secondary N) is 1. The number of methoxy groups -OCH3 is 1. The number of ether oxygens (including phenoxy) is 1. The molecule has 4 nitrogen and oxygen atoms in total. The van der Waals surface area contributed by atoms with Crippen LogP contribution in [0.4, 0.5) is 0 Å². The van der Waals surface area contributed by atoms with Gasteiger partial charge in [0.1, 0.15) is 0 Å². The Balaban J connectivity index is 1.66. The van der Waals surface area contributed by atoms with Gasteiger partial charge in [0, 0.05) is 13.1 Å². The molecule has 1 saturated heterocycles. The van der Waals surface area contributed by atoms with Crippen LogP contribution >= 0.6 is 0 Å². The molecule has 2 aliphatic rings. The molecule has 92 valence electrons. The van der Waals surface area contributed by atoms with E-state index in [9.17, 15) is 4.79 Å². The summed E-state index contributed by atoms with van der Waals surface area (Å²) in [5, 5.41) is 3.44. The first kappa shape index (κ1) is 11.9. The van der Waals surface area contributed by atoms with Crippen molar-refractivity contribution in [3.63, 3.8) is 0 Å². The van der Waals surface area contributed by atoms with E-state index in [4.69, 9.17) is 4.74 Å². The van der Waals surface area contributed by atoms with Crippen molar-refractivity contribution in [1.29, 1.82) is 0 Å². The number of rotatable bonds is 5. The summed E-state index contributed by atoms with van der Waals surface area (Å²) in [5.74, 6) is 0.710. The average molecular weight is 226 g/mol. The molecule has 2 rings (SSSR count). The third-order valence-corrected chi connectivity index (χ3v) is 3.86. The summed E-state index contributed by atoms with van der Waals surface area (Å²) in [7, 11) is 3.64. The van der Waals surface area contributed by atoms with Crippen LogP contribution < -0.4 is 5.32 Å². The summed E-state index contributed by atoms with van der Waals surface area (Å²) >= 11 is 0. The second-order valence-corrected chi connectivity index (χ2v) is 5.32. The molecule has 1 unspecified atom stereocenters. The van der Waals surface area contributed by atoms with Crippen LogP contribution in [0.5, 0.6) is 0 Å². The largest absolute Gasteiger partial charge is 0.469 e. The normalized spacial score (nSPS) is 28.0. The Morgan fingerprint density at radius 3 is 2.81 bits per heavy atom. The predicted molar refractivity (Wildman–Crippen MR) is 62.2 cm³/mol. The molecule has 1 heterocycles. The molecule has 1 atom stereocenters. The Kier molecular flexibility index (Phi) is 3.50. The van der Waals surface area contributed by atoms with E-state index in [1.165, 1.54) is 26.6 Å². The number of carbonyl (C=O) groups excluding carboxylic acids is 1. The van der Waals surface area contributed by atoms with Crippen molar-refractivity contribution in [1.82, 2.24) is 10.2 Å². The van der Waals surface area contributed by atoms with E-state index in [0.29, 0.717) is 0 Å². The number of carbonyl (C=O) groups is 1. The number of nitrogens with zero attached hydrogens (tertiary/aromatic N) is 1. The van der Waals surface area contributed by atoms with Gasteiger partial charge in [0.05, 0.1) is 12.5 Å². The summed E-state index contributed by atoms with van der Waals surface area (Å²) in [6.45, 7) is 4.20. The molecular weight excluding hydrogens is 204 g/mol. The van der Waals surface area contributed by atoms with Crippen LogP contribution in [0, 0.1) is 11.3 Å². The molecule has 0 aromatic rings. The minimum Gasteiger partial charge on any atom is -0.469 e. The number of esters is 1. The zero-order chi connectivity index (χ0) is 11.6. The molecule has 1 aliphatic heterocycles. The van der Waals surface area contributed by atoms with Gasteiger partial charge in [-0.05, 0) is 45.3 Å². The molecule has 16 heavy (non-hydrogen) atoms. The van der Waals surface area contributed by atoms with Crippen molar-refractivity contribution in [3.05, 3.63) is 0 Å². The van der Waals surface area contributed by atoms with Gasteiger partial charge in [-0.3, -0.25) is 4.79 Å². The number of hydrogen-bond donors (Lipinski definition) is 1. The Morgan fingerprint density at radius 1 is 1.56 bits per heavy atom. The maximum Gasteiger partial charge on any atom is 0.313 e. The predicted octanol–water partition coefficient (Wildman–Crippen LogP) is 0.481. The number of hydrogen-bond acceptors (Lipinski definition) is 4. The number of likely N-dealkylation sites (tertiary alicyclic amines) is 1. The highest BCUT2D eigenvalue weighted by atomic mass is 16.5. The molecule has 1 saturated carbocycles. The summed E-state index contributed by atoms with van der Waals surface area (Å²) in [6.07, 6.45) is 3.24. The van der Waals surface area contributed by atoms with Crippen molar-refractivity contribution in [2.75, 3.05) is 40.3 Å². The van der Waals surface area contributed by atoms with E-state index >= 15 is 0 Å². The molecule has 0 bridgehead atoms. The van der Waals surface area contributed by atoms with Crippen LogP contribution in [0.1, 0.15) is 19.3 Å². The molecule has 0 radical (unpaired) electrons. The third kappa shape index (κ3) is 2.55. The van der Waals surface area contributed by atoms with Gasteiger partial charge in [-0.2, -0.15) is 0 Å². The lowest BCUT2D eigenvalue weighted by molar-refractivity contribution is -0.146. The van der Waals surface area contributed by atoms with Crippen LogP contribution in [0.15, 0.2) is 0 Å². The summed E-state index contributed by atoms with van der Waals surface area (Å²) in [6, 6.07) is 0. The van der Waals surface area contributed by atoms with E-state index in [2.05, 4.69) is 17.3 Å². The van der Waals surface area contributed by atoms with E-state index < -0.39 is 0 Å². The lowest BCUT2D eigenvalue weighted by Crippen LogP contribution is -2.34. The molecule has 1 N–H and O–H groups in total. The second-order valence-electron chi connectivity index (χ2n) is 5.32. The van der Waals surface area contributed by atoms with Crippen molar-refractivity contribution in [3.8, 4) is 0 Å². The van der Waals surface area contributed by atoms with Crippen LogP contribution in [0.2, 0.25) is 0 Å². The Morgan fingerprint density at radius 2 is 2.31 bits per heavy atom. The van der Waals surface area contributed by atoms with Crippen LogP contribution in [0.3, 0.4) is 0 Å². The fraction of sp³-hybridized carbons (Fsp3) is 0.917. The first-order valence-corrected chi connectivity index (χ1v) is 6.14. The Labute approximate surface area is 97.3 Å². The van der Waals surface area contributed by atoms with E-state index in [0.717, 1.165) is 31.8 Å². The Bertz CT molecular complexity index is 264. The fourth-order valence-corrected chi connectivity index (χ4v) is 2.53. The van der Waals surface area contributed by atoms with E-state index in [1.807, 2.05) is 0 Å². The molecule has 4 heteroatoms. The molecule has 1 aliphatic carbocycles. The SMILES string of the molecule is COC(=O)C1(CNCC2CCN(C)C2)CC1. The molecule has 0 aromatic heterocycles. The Hall–Kier alpha value is -0.610. The minimum atomic E-state index is -0.181. The van der Waals surface area contributed by atoms with Crippen molar-refractivity contribution < 1.29 is 9.53 Å². The molecular formula is C12H22N2O2. The quantitative estimate of drug-likeness (QED) is 0.692. The highest BCUT2D eigenvalue weighted by Gasteiger charge is 2.50. The molecule has 0 spiro atoms. The van der Waals surface area contributed by atoms with Gasteiger partial charge in [-0.1, -0.05) is 0 Å². The van der Waals surface area contributed by atoms with Gasteiger partial charge in [-0.15, -0.1) is 0 Å². The van der Waals surface area contributed by atoms with Gasteiger partial charge in [0.2, 0.25) is 0 Å². The smallest absolute Gasteiger partial charge is 0.313 e. The van der Waals surface area contributed by atoms with Gasteiger partial charge in [0.25, 0.3) is 0 Å². The summed E-state index contributed by atoms with van der Waals surface area (Å²) in [4.78, 5) is 13.9. The first-order valence-electron chi connectivity index (χ1n) is 6.14. The highest BCUT2D eigenvalue weighted by molar-refractivity contribution is 5.80. The lowest BCUT2D eigenvalue weighted by Gasteiger charge is -2.16. The first-order chi connectivity index (χ1) is 7.66. The molecule has 0 aromatic carbocycles. The molecule has 2 fully saturated rings. The standard InChI is InChI=1S/C12H22N2O2/c1-14-6-3-10(8-14)7-13-9-12(4-5-12)11(15)16-2/h10,13H,3-9H2,1-2H3. The average Bonchev–Trinajstić information content (AvgIpc) is 2.95. The van der Waals surface area contributed by atoms with Crippen LogP contribution in [0.25, 0.3) is 0 Å². The second kappa shape index (κ2) is 4.72. The highest BCUT2D eigenvalue weighted by Crippen LogP contribution is 2.46. The topological polar surface area (TPSA) is 41.6 Å².